The van der Waals surface area contributed by atoms with Gasteiger partial charge in [0.15, 0.2) is 0 Å². The third-order valence-corrected chi connectivity index (χ3v) is 6.21. The second kappa shape index (κ2) is 6.24. The lowest BCUT2D eigenvalue weighted by Crippen LogP contribution is -2.35. The lowest BCUT2D eigenvalue weighted by atomic mass is 10.1. The van der Waals surface area contributed by atoms with Crippen LogP contribution in [0.3, 0.4) is 0 Å². The van der Waals surface area contributed by atoms with Crippen molar-refractivity contribution in [1.29, 1.82) is 0 Å². The lowest BCUT2D eigenvalue weighted by molar-refractivity contribution is -0.114. The highest BCUT2D eigenvalue weighted by Gasteiger charge is 2.36. The smallest absolute Gasteiger partial charge is 0.265 e. The number of carbonyl (C=O) groups is 1. The van der Waals surface area contributed by atoms with E-state index in [2.05, 4.69) is 5.32 Å². The number of benzene rings is 3. The van der Waals surface area contributed by atoms with Crippen LogP contribution in [-0.2, 0) is 14.8 Å². The van der Waals surface area contributed by atoms with Gasteiger partial charge in [0.25, 0.3) is 10.0 Å². The first kappa shape index (κ1) is 17.3. The van der Waals surface area contributed by atoms with E-state index in [1.54, 1.807) is 18.2 Å². The van der Waals surface area contributed by atoms with Crippen LogP contribution in [0.5, 0.6) is 5.75 Å². The summed E-state index contributed by atoms with van der Waals surface area (Å²) in [6.07, 6.45) is 0. The number of ether oxygens (including phenoxy) is 1. The van der Waals surface area contributed by atoms with Crippen LogP contribution in [0.1, 0.15) is 0 Å². The van der Waals surface area contributed by atoms with Crippen molar-refractivity contribution in [3.63, 3.8) is 0 Å². The minimum Gasteiger partial charge on any atom is -0.494 e. The Kier molecular flexibility index (Phi) is 4.00. The van der Waals surface area contributed by atoms with Crippen molar-refractivity contribution in [2.45, 2.75) is 4.90 Å². The molecule has 3 aromatic rings. The molecule has 27 heavy (non-hydrogen) atoms. The van der Waals surface area contributed by atoms with Gasteiger partial charge < -0.3 is 10.1 Å². The fraction of sp³-hybridized carbons (Fsp3) is 0.105. The minimum atomic E-state index is -3.83. The van der Waals surface area contributed by atoms with E-state index in [-0.39, 0.29) is 16.3 Å². The summed E-state index contributed by atoms with van der Waals surface area (Å²) >= 11 is 0. The maximum absolute atomic E-state index is 13.3. The molecule has 1 aliphatic heterocycles. The van der Waals surface area contributed by atoms with E-state index in [9.17, 15) is 17.6 Å². The summed E-state index contributed by atoms with van der Waals surface area (Å²) in [4.78, 5) is 12.7. The molecular formula is C19H15FN2O4S. The molecule has 8 heteroatoms. The first-order valence-corrected chi connectivity index (χ1v) is 9.54. The molecule has 0 spiro atoms. The molecule has 0 aliphatic carbocycles. The Hall–Kier alpha value is -3.13. The normalized spacial score (nSPS) is 14.4. The Balaban J connectivity index is 1.66. The van der Waals surface area contributed by atoms with Gasteiger partial charge in [-0.15, -0.1) is 0 Å². The maximum atomic E-state index is 13.3. The Morgan fingerprint density at radius 2 is 1.89 bits per heavy atom. The van der Waals surface area contributed by atoms with Gasteiger partial charge in [-0.05, 0) is 29.7 Å². The molecule has 3 aromatic carbocycles. The molecule has 0 aromatic heterocycles. The number of anilines is 2. The zero-order chi connectivity index (χ0) is 19.2. The van der Waals surface area contributed by atoms with Gasteiger partial charge in [-0.25, -0.2) is 12.8 Å². The van der Waals surface area contributed by atoms with Crippen LogP contribution in [0.25, 0.3) is 10.8 Å². The van der Waals surface area contributed by atoms with E-state index in [0.29, 0.717) is 11.1 Å². The Morgan fingerprint density at radius 3 is 2.63 bits per heavy atom. The number of halogens is 1. The van der Waals surface area contributed by atoms with E-state index in [1.165, 1.54) is 25.3 Å². The number of rotatable bonds is 4. The molecule has 138 valence electrons. The molecule has 6 nitrogen and oxygen atoms in total. The predicted molar refractivity (Wildman–Crippen MR) is 100 cm³/mol. The predicted octanol–water partition coefficient (Wildman–Crippen LogP) is 3.13. The number of carbonyl (C=O) groups excluding carboxylic acids is 1. The molecule has 1 amide bonds. The van der Waals surface area contributed by atoms with Gasteiger partial charge in [0.05, 0.1) is 23.4 Å². The Morgan fingerprint density at radius 1 is 1.15 bits per heavy atom. The van der Waals surface area contributed by atoms with Crippen molar-refractivity contribution in [3.05, 3.63) is 60.4 Å². The molecule has 1 N–H and O–H groups in total. The topological polar surface area (TPSA) is 75.7 Å². The maximum Gasteiger partial charge on any atom is 0.265 e. The summed E-state index contributed by atoms with van der Waals surface area (Å²) in [5, 5.41) is 3.97. The second-order valence-corrected chi connectivity index (χ2v) is 7.87. The second-order valence-electron chi connectivity index (χ2n) is 6.04. The van der Waals surface area contributed by atoms with Crippen molar-refractivity contribution in [1.82, 2.24) is 0 Å². The van der Waals surface area contributed by atoms with Crippen LogP contribution in [-0.4, -0.2) is 28.0 Å². The summed E-state index contributed by atoms with van der Waals surface area (Å²) in [6, 6.07) is 13.9. The van der Waals surface area contributed by atoms with Crippen LogP contribution in [0.15, 0.2) is 59.5 Å². The van der Waals surface area contributed by atoms with E-state index in [4.69, 9.17) is 4.74 Å². The van der Waals surface area contributed by atoms with Gasteiger partial charge in [-0.3, -0.25) is 9.10 Å². The zero-order valence-corrected chi connectivity index (χ0v) is 15.1. The molecule has 0 saturated heterocycles. The van der Waals surface area contributed by atoms with Crippen LogP contribution < -0.4 is 14.4 Å². The van der Waals surface area contributed by atoms with E-state index < -0.39 is 28.3 Å². The standard InChI is InChI=1S/C19H15FN2O4S/c1-26-16-10-13(20)8-9-14(16)21-18(23)11-22-15-6-2-4-12-5-3-7-17(19(12)15)27(22,24)25/h2-10H,11H2,1H3,(H,21,23). The molecule has 0 atom stereocenters. The van der Waals surface area contributed by atoms with Gasteiger partial charge >= 0.3 is 0 Å². The first-order chi connectivity index (χ1) is 12.9. The highest BCUT2D eigenvalue weighted by molar-refractivity contribution is 7.93. The number of nitrogens with zero attached hydrogens (tertiary/aromatic N) is 1. The number of methoxy groups -OCH3 is 1. The highest BCUT2D eigenvalue weighted by Crippen LogP contribution is 2.41. The summed E-state index contributed by atoms with van der Waals surface area (Å²) in [7, 11) is -2.47. The van der Waals surface area contributed by atoms with Gasteiger partial charge in [0.2, 0.25) is 5.91 Å². The fourth-order valence-electron chi connectivity index (χ4n) is 3.22. The highest BCUT2D eigenvalue weighted by atomic mass is 32.2. The number of sulfonamides is 1. The summed E-state index contributed by atoms with van der Waals surface area (Å²) in [6.45, 7) is -0.406. The molecular weight excluding hydrogens is 371 g/mol. The van der Waals surface area contributed by atoms with Crippen molar-refractivity contribution in [2.75, 3.05) is 23.3 Å². The average Bonchev–Trinajstić information content (AvgIpc) is 2.86. The third kappa shape index (κ3) is 2.78. The Bertz CT molecular complexity index is 1170. The quantitative estimate of drug-likeness (QED) is 0.748. The fourth-order valence-corrected chi connectivity index (χ4v) is 4.88. The first-order valence-electron chi connectivity index (χ1n) is 8.09. The number of hydrogen-bond donors (Lipinski definition) is 1. The van der Waals surface area contributed by atoms with Crippen LogP contribution in [0.2, 0.25) is 0 Å². The van der Waals surface area contributed by atoms with E-state index >= 15 is 0 Å². The largest absolute Gasteiger partial charge is 0.494 e. The van der Waals surface area contributed by atoms with Crippen LogP contribution in [0, 0.1) is 5.82 Å². The van der Waals surface area contributed by atoms with Gasteiger partial charge in [0.1, 0.15) is 18.1 Å². The van der Waals surface area contributed by atoms with E-state index in [1.807, 2.05) is 12.1 Å². The summed E-state index contributed by atoms with van der Waals surface area (Å²) in [5.41, 5.74) is 0.723. The van der Waals surface area contributed by atoms with Crippen molar-refractivity contribution >= 4 is 38.1 Å². The third-order valence-electron chi connectivity index (χ3n) is 4.41. The van der Waals surface area contributed by atoms with Crippen molar-refractivity contribution in [3.8, 4) is 5.75 Å². The Labute approximate surface area is 155 Å². The van der Waals surface area contributed by atoms with Crippen LogP contribution in [0.4, 0.5) is 15.8 Å². The molecule has 1 aliphatic rings. The lowest BCUT2D eigenvalue weighted by Gasteiger charge is -2.19. The number of amides is 1. The van der Waals surface area contributed by atoms with Crippen molar-refractivity contribution < 1.29 is 22.3 Å². The average molecular weight is 386 g/mol. The molecule has 0 saturated carbocycles. The van der Waals surface area contributed by atoms with Gasteiger partial charge in [-0.2, -0.15) is 0 Å². The minimum absolute atomic E-state index is 0.151. The van der Waals surface area contributed by atoms with Crippen molar-refractivity contribution in [2.24, 2.45) is 0 Å². The summed E-state index contributed by atoms with van der Waals surface area (Å²) in [5.74, 6) is -0.916. The molecule has 0 unspecified atom stereocenters. The summed E-state index contributed by atoms with van der Waals surface area (Å²) < 4.78 is 45.2. The monoisotopic (exact) mass is 386 g/mol. The molecule has 0 bridgehead atoms. The SMILES string of the molecule is COc1cc(F)ccc1NC(=O)CN1c2cccc3cccc(c23)S1(=O)=O. The number of nitrogens with one attached hydrogen (secondary N) is 1. The number of hydrogen-bond acceptors (Lipinski definition) is 4. The molecule has 1 heterocycles. The molecule has 0 fully saturated rings. The van der Waals surface area contributed by atoms with Gasteiger partial charge in [-0.1, -0.05) is 24.3 Å². The van der Waals surface area contributed by atoms with E-state index in [0.717, 1.165) is 15.8 Å². The zero-order valence-electron chi connectivity index (χ0n) is 14.3. The molecule has 4 rings (SSSR count). The molecule has 0 radical (unpaired) electrons. The van der Waals surface area contributed by atoms with Crippen LogP contribution >= 0.6 is 0 Å². The van der Waals surface area contributed by atoms with Gasteiger partial charge in [0, 0.05) is 11.5 Å².